The maximum Gasteiger partial charge on any atom is 0.243 e. The van der Waals surface area contributed by atoms with Gasteiger partial charge >= 0.3 is 0 Å². The fourth-order valence-corrected chi connectivity index (χ4v) is 3.73. The molecule has 0 amide bonds. The van der Waals surface area contributed by atoms with Crippen LogP contribution in [0.3, 0.4) is 0 Å². The number of aromatic nitrogens is 3. The summed E-state index contributed by atoms with van der Waals surface area (Å²) in [5, 5.41) is 8.79. The lowest BCUT2D eigenvalue weighted by Gasteiger charge is -2.11. The lowest BCUT2D eigenvalue weighted by Crippen LogP contribution is -2.31. The van der Waals surface area contributed by atoms with Gasteiger partial charge in [0.2, 0.25) is 5.28 Å². The minimum atomic E-state index is -1.13. The Morgan fingerprint density at radius 2 is 2.24 bits per heavy atom. The van der Waals surface area contributed by atoms with E-state index >= 15 is 0 Å². The van der Waals surface area contributed by atoms with Gasteiger partial charge in [0.25, 0.3) is 0 Å². The Kier molecular flexibility index (Phi) is 5.57. The van der Waals surface area contributed by atoms with Crippen LogP contribution >= 0.6 is 38.9 Å². The molecule has 0 aliphatic rings. The summed E-state index contributed by atoms with van der Waals surface area (Å²) >= 11 is 10.8. The number of nitrogens with one attached hydrogen (secondary N) is 1. The van der Waals surface area contributed by atoms with Crippen molar-refractivity contribution in [1.82, 2.24) is 14.6 Å². The molecule has 0 aliphatic heterocycles. The van der Waals surface area contributed by atoms with E-state index in [1.165, 1.54) is 29.7 Å². The van der Waals surface area contributed by atoms with Gasteiger partial charge in [0.15, 0.2) is 5.82 Å². The summed E-state index contributed by atoms with van der Waals surface area (Å²) in [6.07, 6.45) is -0.787. The third-order valence-electron chi connectivity index (χ3n) is 3.72. The van der Waals surface area contributed by atoms with Crippen LogP contribution in [0.5, 0.6) is 0 Å². The summed E-state index contributed by atoms with van der Waals surface area (Å²) in [7, 11) is 0. The van der Waals surface area contributed by atoms with Crippen LogP contribution in [0.1, 0.15) is 17.4 Å². The molecule has 25 heavy (non-hydrogen) atoms. The standard InChI is InChI=1S/C15H15BrClF2N5S/c1-7(18)11(20)2-8-3-12-14(21-5-10-4-9(19)6-25-10)22-15(17)23-24(12)13(8)16/h3-4,6-7,11H,2,5,20H2,1H3,(H,21,22,23)/t7-,11+/m0/s1. The largest absolute Gasteiger partial charge is 0.363 e. The molecule has 0 aliphatic carbocycles. The lowest BCUT2D eigenvalue weighted by molar-refractivity contribution is 0.304. The van der Waals surface area contributed by atoms with Crippen LogP contribution in [0.2, 0.25) is 5.28 Å². The molecule has 10 heteroatoms. The molecule has 0 saturated heterocycles. The minimum Gasteiger partial charge on any atom is -0.363 e. The molecule has 0 fully saturated rings. The fraction of sp³-hybridized carbons (Fsp3) is 0.333. The molecule has 0 saturated carbocycles. The van der Waals surface area contributed by atoms with Crippen LogP contribution in [0.4, 0.5) is 14.6 Å². The molecule has 5 nitrogen and oxygen atoms in total. The van der Waals surface area contributed by atoms with Crippen LogP contribution in [0.25, 0.3) is 5.52 Å². The number of thiophene rings is 1. The van der Waals surface area contributed by atoms with Crippen molar-refractivity contribution in [3.05, 3.63) is 43.7 Å². The van der Waals surface area contributed by atoms with Crippen LogP contribution in [0.15, 0.2) is 22.1 Å². The summed E-state index contributed by atoms with van der Waals surface area (Å²) in [5.41, 5.74) is 7.30. The first-order chi connectivity index (χ1) is 11.8. The minimum absolute atomic E-state index is 0.0540. The van der Waals surface area contributed by atoms with Crippen LogP contribution in [-0.2, 0) is 13.0 Å². The number of anilines is 1. The molecule has 3 aromatic heterocycles. The predicted octanol–water partition coefficient (Wildman–Crippen LogP) is 4.19. The molecule has 0 bridgehead atoms. The molecule has 3 rings (SSSR count). The molecule has 2 atom stereocenters. The highest BCUT2D eigenvalue weighted by atomic mass is 79.9. The first-order valence-corrected chi connectivity index (χ1v) is 9.50. The Morgan fingerprint density at radius 3 is 2.88 bits per heavy atom. The van der Waals surface area contributed by atoms with Crippen molar-refractivity contribution in [2.24, 2.45) is 5.73 Å². The summed E-state index contributed by atoms with van der Waals surface area (Å²) in [6.45, 7) is 1.83. The third-order valence-corrected chi connectivity index (χ3v) is 5.63. The van der Waals surface area contributed by atoms with E-state index in [0.29, 0.717) is 28.9 Å². The summed E-state index contributed by atoms with van der Waals surface area (Å²) in [6, 6.07) is 2.67. The van der Waals surface area contributed by atoms with Gasteiger partial charge in [-0.25, -0.2) is 13.3 Å². The summed E-state index contributed by atoms with van der Waals surface area (Å²) < 4.78 is 28.7. The number of fused-ring (bicyclic) bond motifs is 1. The number of alkyl halides is 1. The first kappa shape index (κ1) is 18.5. The third kappa shape index (κ3) is 4.11. The number of rotatable bonds is 6. The second-order valence-electron chi connectivity index (χ2n) is 5.62. The molecular formula is C15H15BrClF2N5S. The van der Waals surface area contributed by atoms with Crippen molar-refractivity contribution < 1.29 is 8.78 Å². The molecule has 0 unspecified atom stereocenters. The first-order valence-electron chi connectivity index (χ1n) is 7.45. The van der Waals surface area contributed by atoms with E-state index in [9.17, 15) is 8.78 Å². The lowest BCUT2D eigenvalue weighted by atomic mass is 10.1. The zero-order valence-electron chi connectivity index (χ0n) is 13.1. The Bertz CT molecular complexity index is 898. The van der Waals surface area contributed by atoms with E-state index in [-0.39, 0.29) is 11.1 Å². The van der Waals surface area contributed by atoms with Gasteiger partial charge in [0, 0.05) is 16.3 Å². The Labute approximate surface area is 160 Å². The topological polar surface area (TPSA) is 68.2 Å². The smallest absolute Gasteiger partial charge is 0.243 e. The number of hydrogen-bond acceptors (Lipinski definition) is 5. The van der Waals surface area contributed by atoms with Gasteiger partial charge < -0.3 is 11.1 Å². The van der Waals surface area contributed by atoms with Gasteiger partial charge in [0.05, 0.1) is 6.54 Å². The maximum atomic E-state index is 13.4. The summed E-state index contributed by atoms with van der Waals surface area (Å²) in [4.78, 5) is 5.02. The van der Waals surface area contributed by atoms with Crippen molar-refractivity contribution in [3.8, 4) is 0 Å². The number of hydrogen-bond donors (Lipinski definition) is 2. The van der Waals surface area contributed by atoms with Crippen LogP contribution in [0, 0.1) is 5.82 Å². The van der Waals surface area contributed by atoms with E-state index in [2.05, 4.69) is 31.3 Å². The van der Waals surface area contributed by atoms with E-state index in [1.807, 2.05) is 6.07 Å². The van der Waals surface area contributed by atoms with Crippen molar-refractivity contribution in [1.29, 1.82) is 0 Å². The highest BCUT2D eigenvalue weighted by Gasteiger charge is 2.19. The zero-order valence-corrected chi connectivity index (χ0v) is 16.3. The molecule has 3 heterocycles. The predicted molar refractivity (Wildman–Crippen MR) is 99.6 cm³/mol. The fourth-order valence-electron chi connectivity index (χ4n) is 2.36. The number of halogens is 4. The van der Waals surface area contributed by atoms with Crippen molar-refractivity contribution >= 4 is 50.2 Å². The quantitative estimate of drug-likeness (QED) is 0.591. The monoisotopic (exact) mass is 449 g/mol. The molecule has 3 N–H and O–H groups in total. The average molecular weight is 451 g/mol. The molecule has 134 valence electrons. The Morgan fingerprint density at radius 1 is 1.48 bits per heavy atom. The van der Waals surface area contributed by atoms with Gasteiger partial charge in [-0.15, -0.1) is 16.4 Å². The van der Waals surface area contributed by atoms with E-state index < -0.39 is 12.2 Å². The normalized spacial score (nSPS) is 14.0. The van der Waals surface area contributed by atoms with Gasteiger partial charge in [0.1, 0.15) is 22.1 Å². The summed E-state index contributed by atoms with van der Waals surface area (Å²) in [5.74, 6) is 0.234. The Hall–Kier alpha value is -1.29. The van der Waals surface area contributed by atoms with Gasteiger partial charge in [-0.2, -0.15) is 4.98 Å². The zero-order chi connectivity index (χ0) is 18.1. The van der Waals surface area contributed by atoms with E-state index in [4.69, 9.17) is 17.3 Å². The van der Waals surface area contributed by atoms with Crippen molar-refractivity contribution in [2.45, 2.75) is 32.1 Å². The van der Waals surface area contributed by atoms with Crippen LogP contribution in [-0.4, -0.2) is 26.8 Å². The van der Waals surface area contributed by atoms with Gasteiger partial charge in [-0.05, 0) is 58.6 Å². The van der Waals surface area contributed by atoms with Crippen molar-refractivity contribution in [2.75, 3.05) is 5.32 Å². The molecular weight excluding hydrogens is 436 g/mol. The van der Waals surface area contributed by atoms with Gasteiger partial charge in [-0.3, -0.25) is 0 Å². The molecule has 0 aromatic carbocycles. The highest BCUT2D eigenvalue weighted by Crippen LogP contribution is 2.28. The molecule has 0 radical (unpaired) electrons. The highest BCUT2D eigenvalue weighted by molar-refractivity contribution is 9.10. The molecule has 0 spiro atoms. The maximum absolute atomic E-state index is 13.4. The number of nitrogens with two attached hydrogens (primary N) is 1. The second kappa shape index (κ2) is 7.53. The van der Waals surface area contributed by atoms with E-state index in [0.717, 1.165) is 10.4 Å². The van der Waals surface area contributed by atoms with Crippen LogP contribution < -0.4 is 11.1 Å². The molecule has 3 aromatic rings. The second-order valence-corrected chi connectivity index (χ2v) is 7.70. The average Bonchev–Trinajstić information content (AvgIpc) is 3.10. The SMILES string of the molecule is C[C@H](F)[C@H](N)Cc1cc2c(NCc3cc(F)cs3)nc(Cl)nn2c1Br. The van der Waals surface area contributed by atoms with E-state index in [1.54, 1.807) is 4.52 Å². The Balaban J connectivity index is 1.92. The van der Waals surface area contributed by atoms with Crippen molar-refractivity contribution in [3.63, 3.8) is 0 Å². The van der Waals surface area contributed by atoms with Gasteiger partial charge in [-0.1, -0.05) is 0 Å². The number of nitrogens with zero attached hydrogens (tertiary/aromatic N) is 3.